The third-order valence-corrected chi connectivity index (χ3v) is 1.61. The molecular weight excluding hydrogens is 192 g/mol. The molecule has 0 saturated carbocycles. The van der Waals surface area contributed by atoms with Gasteiger partial charge >= 0.3 is 6.01 Å². The fraction of sp³-hybridized carbons (Fsp3) is 0.636. The van der Waals surface area contributed by atoms with Crippen LogP contribution in [0, 0.1) is 6.92 Å². The first-order valence-electron chi connectivity index (χ1n) is 5.16. The van der Waals surface area contributed by atoms with Gasteiger partial charge in [0.15, 0.2) is 0 Å². The Labute approximate surface area is 91.7 Å². The summed E-state index contributed by atoms with van der Waals surface area (Å²) in [7, 11) is 1.64. The average molecular weight is 212 g/mol. The molecule has 86 valence electrons. The Morgan fingerprint density at radius 2 is 1.80 bits per heavy atom. The molecule has 0 spiro atoms. The largest absolute Gasteiger partial charge is 0.461 e. The van der Waals surface area contributed by atoms with Crippen molar-refractivity contribution >= 4 is 0 Å². The van der Waals surface area contributed by atoms with E-state index in [1.54, 1.807) is 19.5 Å². The zero-order chi connectivity index (χ0) is 11.7. The molecule has 1 unspecified atom stereocenters. The van der Waals surface area contributed by atoms with E-state index in [0.29, 0.717) is 12.6 Å². The molecule has 15 heavy (non-hydrogen) atoms. The molecule has 0 aliphatic carbocycles. The molecule has 0 aliphatic rings. The molecule has 0 aromatic carbocycles. The predicted molar refractivity (Wildman–Crippen MR) is 60.1 cm³/mol. The molecule has 1 aromatic rings. The van der Waals surface area contributed by atoms with E-state index in [-0.39, 0.29) is 6.10 Å². The molecule has 0 N–H and O–H groups in total. The van der Waals surface area contributed by atoms with Crippen molar-refractivity contribution < 1.29 is 9.47 Å². The van der Waals surface area contributed by atoms with Crippen LogP contribution < -0.4 is 4.74 Å². The first kappa shape index (κ1) is 13.8. The number of hydrogen-bond donors (Lipinski definition) is 0. The second kappa shape index (κ2) is 8.17. The molecule has 1 aromatic heterocycles. The van der Waals surface area contributed by atoms with Gasteiger partial charge in [0.2, 0.25) is 0 Å². The van der Waals surface area contributed by atoms with Crippen LogP contribution in [-0.4, -0.2) is 29.8 Å². The molecule has 4 nitrogen and oxygen atoms in total. The summed E-state index contributed by atoms with van der Waals surface area (Å²) in [5.41, 5.74) is 1.02. The summed E-state index contributed by atoms with van der Waals surface area (Å²) in [6, 6.07) is 0.398. The van der Waals surface area contributed by atoms with Gasteiger partial charge in [-0.3, -0.25) is 0 Å². The molecule has 0 saturated heterocycles. The van der Waals surface area contributed by atoms with Crippen LogP contribution in [0.1, 0.15) is 26.3 Å². The molecule has 1 rings (SSSR count). The fourth-order valence-electron chi connectivity index (χ4n) is 0.715. The lowest BCUT2D eigenvalue weighted by atomic mass is 10.4. The lowest BCUT2D eigenvalue weighted by Crippen LogP contribution is -2.16. The van der Waals surface area contributed by atoms with Crippen molar-refractivity contribution in [1.29, 1.82) is 0 Å². The molecule has 4 heteroatoms. The van der Waals surface area contributed by atoms with Crippen molar-refractivity contribution in [2.45, 2.75) is 33.8 Å². The van der Waals surface area contributed by atoms with Crippen LogP contribution in [-0.2, 0) is 4.74 Å². The van der Waals surface area contributed by atoms with Crippen LogP contribution in [0.15, 0.2) is 12.4 Å². The monoisotopic (exact) mass is 212 g/mol. The van der Waals surface area contributed by atoms with E-state index in [1.807, 2.05) is 27.7 Å². The average Bonchev–Trinajstić information content (AvgIpc) is 2.30. The molecule has 1 heterocycles. The van der Waals surface area contributed by atoms with E-state index in [4.69, 9.17) is 9.47 Å². The minimum atomic E-state index is 0.0601. The Morgan fingerprint density at radius 1 is 1.27 bits per heavy atom. The smallest absolute Gasteiger partial charge is 0.316 e. The molecule has 1 atom stereocenters. The third kappa shape index (κ3) is 6.01. The zero-order valence-corrected chi connectivity index (χ0v) is 10.2. The maximum atomic E-state index is 5.27. The SMILES string of the molecule is CC.COC(C)COc1ncc(C)cn1. The number of aromatic nitrogens is 2. The second-order valence-corrected chi connectivity index (χ2v) is 2.90. The number of aryl methyl sites for hydroxylation is 1. The van der Waals surface area contributed by atoms with Crippen LogP contribution in [0.25, 0.3) is 0 Å². The van der Waals surface area contributed by atoms with Gasteiger partial charge in [-0.2, -0.15) is 0 Å². The van der Waals surface area contributed by atoms with E-state index >= 15 is 0 Å². The van der Waals surface area contributed by atoms with Gasteiger partial charge in [-0.15, -0.1) is 0 Å². The third-order valence-electron chi connectivity index (χ3n) is 1.61. The van der Waals surface area contributed by atoms with Gasteiger partial charge < -0.3 is 9.47 Å². The highest BCUT2D eigenvalue weighted by Crippen LogP contribution is 2.02. The number of hydrogen-bond acceptors (Lipinski definition) is 4. The number of ether oxygens (including phenoxy) is 2. The number of rotatable bonds is 4. The van der Waals surface area contributed by atoms with Crippen molar-refractivity contribution in [3.05, 3.63) is 18.0 Å². The standard InChI is InChI=1S/C9H14N2O2.C2H6/c1-7-4-10-9(11-5-7)13-6-8(2)12-3;1-2/h4-5,8H,6H2,1-3H3;1-2H3. The maximum absolute atomic E-state index is 5.27. The summed E-state index contributed by atoms with van der Waals surface area (Å²) >= 11 is 0. The first-order chi connectivity index (χ1) is 7.22. The van der Waals surface area contributed by atoms with E-state index in [1.165, 1.54) is 0 Å². The molecular formula is C11H20N2O2. The van der Waals surface area contributed by atoms with E-state index in [2.05, 4.69) is 9.97 Å². The number of methoxy groups -OCH3 is 1. The highest BCUT2D eigenvalue weighted by Gasteiger charge is 2.01. The van der Waals surface area contributed by atoms with Gasteiger partial charge in [0.1, 0.15) is 6.61 Å². The summed E-state index contributed by atoms with van der Waals surface area (Å²) in [6.45, 7) is 8.33. The highest BCUT2D eigenvalue weighted by molar-refractivity contribution is 5.04. The predicted octanol–water partition coefficient (Wildman–Crippen LogP) is 2.22. The Balaban J connectivity index is 0.000000921. The summed E-state index contributed by atoms with van der Waals surface area (Å²) in [5.74, 6) is 0. The topological polar surface area (TPSA) is 44.2 Å². The first-order valence-corrected chi connectivity index (χ1v) is 5.16. The fourth-order valence-corrected chi connectivity index (χ4v) is 0.715. The van der Waals surface area contributed by atoms with Crippen molar-refractivity contribution in [3.8, 4) is 6.01 Å². The van der Waals surface area contributed by atoms with Crippen molar-refractivity contribution in [2.24, 2.45) is 0 Å². The lowest BCUT2D eigenvalue weighted by Gasteiger charge is -2.09. The van der Waals surface area contributed by atoms with Gasteiger partial charge in [-0.1, -0.05) is 13.8 Å². The van der Waals surface area contributed by atoms with Crippen LogP contribution in [0.2, 0.25) is 0 Å². The van der Waals surface area contributed by atoms with E-state index in [0.717, 1.165) is 5.56 Å². The Morgan fingerprint density at radius 3 is 2.27 bits per heavy atom. The van der Waals surface area contributed by atoms with Gasteiger partial charge in [0, 0.05) is 19.5 Å². The van der Waals surface area contributed by atoms with Crippen LogP contribution in [0.5, 0.6) is 6.01 Å². The summed E-state index contributed by atoms with van der Waals surface area (Å²) in [5, 5.41) is 0. The van der Waals surface area contributed by atoms with Gasteiger partial charge in [-0.25, -0.2) is 9.97 Å². The van der Waals surface area contributed by atoms with Crippen LogP contribution in [0.4, 0.5) is 0 Å². The van der Waals surface area contributed by atoms with Crippen molar-refractivity contribution in [3.63, 3.8) is 0 Å². The van der Waals surface area contributed by atoms with Gasteiger partial charge in [-0.05, 0) is 19.4 Å². The highest BCUT2D eigenvalue weighted by atomic mass is 16.5. The van der Waals surface area contributed by atoms with Gasteiger partial charge in [0.05, 0.1) is 6.10 Å². The second-order valence-electron chi connectivity index (χ2n) is 2.90. The minimum Gasteiger partial charge on any atom is -0.461 e. The molecule has 0 fully saturated rings. The normalized spacial score (nSPS) is 11.3. The lowest BCUT2D eigenvalue weighted by molar-refractivity contribution is 0.0680. The zero-order valence-electron chi connectivity index (χ0n) is 10.2. The summed E-state index contributed by atoms with van der Waals surface area (Å²) < 4.78 is 10.3. The van der Waals surface area contributed by atoms with Crippen LogP contribution in [0.3, 0.4) is 0 Å². The summed E-state index contributed by atoms with van der Waals surface area (Å²) in [6.07, 6.45) is 3.50. The Bertz CT molecular complexity index is 249. The van der Waals surface area contributed by atoms with E-state index in [9.17, 15) is 0 Å². The van der Waals surface area contributed by atoms with E-state index < -0.39 is 0 Å². The van der Waals surface area contributed by atoms with Gasteiger partial charge in [0.25, 0.3) is 0 Å². The molecule has 0 amide bonds. The molecule has 0 radical (unpaired) electrons. The quantitative estimate of drug-likeness (QED) is 0.767. The molecule has 0 aliphatic heterocycles. The summed E-state index contributed by atoms with van der Waals surface area (Å²) in [4.78, 5) is 7.99. The minimum absolute atomic E-state index is 0.0601. The number of nitrogens with zero attached hydrogens (tertiary/aromatic N) is 2. The Hall–Kier alpha value is -1.16. The van der Waals surface area contributed by atoms with Crippen molar-refractivity contribution in [2.75, 3.05) is 13.7 Å². The maximum Gasteiger partial charge on any atom is 0.316 e. The van der Waals surface area contributed by atoms with Crippen molar-refractivity contribution in [1.82, 2.24) is 9.97 Å². The molecule has 0 bridgehead atoms. The van der Waals surface area contributed by atoms with Crippen LogP contribution >= 0.6 is 0 Å². The Kier molecular flexibility index (Phi) is 7.54.